The maximum Gasteiger partial charge on any atom is 0.255 e. The van der Waals surface area contributed by atoms with Crippen molar-refractivity contribution < 1.29 is 14.4 Å². The number of amides is 2. The topological polar surface area (TPSA) is 79.8 Å². The average molecular weight is 337 g/mol. The second kappa shape index (κ2) is 7.61. The first-order valence-electron chi connectivity index (χ1n) is 8.04. The molecule has 1 fully saturated rings. The molecule has 2 amide bonds. The van der Waals surface area contributed by atoms with Gasteiger partial charge >= 0.3 is 0 Å². The molecule has 0 heterocycles. The lowest BCUT2D eigenvalue weighted by Crippen LogP contribution is -2.14. The molecule has 0 aromatic heterocycles. The summed E-state index contributed by atoms with van der Waals surface area (Å²) in [5.74, 6) is 0.0233. The summed E-state index contributed by atoms with van der Waals surface area (Å²) in [6.45, 7) is 0. The molecule has 0 saturated heterocycles. The zero-order chi connectivity index (χ0) is 17.6. The number of nitrogens with one attached hydrogen (secondary N) is 2. The van der Waals surface area contributed by atoms with Crippen LogP contribution in [0.25, 0.3) is 0 Å². The summed E-state index contributed by atoms with van der Waals surface area (Å²) in [5, 5.41) is 9.36. The van der Waals surface area contributed by atoms with Crippen molar-refractivity contribution in [2.75, 3.05) is 17.7 Å². The van der Waals surface area contributed by atoms with E-state index in [0.717, 1.165) is 24.1 Å². The zero-order valence-electron chi connectivity index (χ0n) is 13.9. The van der Waals surface area contributed by atoms with E-state index < -0.39 is 0 Å². The van der Waals surface area contributed by atoms with Gasteiger partial charge in [0.1, 0.15) is 7.11 Å². The van der Waals surface area contributed by atoms with Crippen LogP contribution in [0.4, 0.5) is 11.4 Å². The molecule has 1 aliphatic rings. The van der Waals surface area contributed by atoms with Crippen LogP contribution in [0.5, 0.6) is 0 Å². The van der Waals surface area contributed by atoms with Crippen LogP contribution in [0.3, 0.4) is 0 Å². The Morgan fingerprint density at radius 3 is 2.16 bits per heavy atom. The first-order valence-corrected chi connectivity index (χ1v) is 8.04. The maximum absolute atomic E-state index is 12.3. The fraction of sp³-hybridized carbons (Fsp3) is 0.211. The fourth-order valence-corrected chi connectivity index (χ4v) is 2.26. The van der Waals surface area contributed by atoms with E-state index in [1.807, 2.05) is 0 Å². The lowest BCUT2D eigenvalue weighted by molar-refractivity contribution is -0.117. The minimum Gasteiger partial charge on any atom is -0.399 e. The predicted octanol–water partition coefficient (Wildman–Crippen LogP) is 3.27. The van der Waals surface area contributed by atoms with E-state index in [-0.39, 0.29) is 17.7 Å². The molecule has 2 N–H and O–H groups in total. The van der Waals surface area contributed by atoms with Crippen molar-refractivity contribution >= 4 is 29.4 Å². The number of hydrogen-bond donors (Lipinski definition) is 2. The van der Waals surface area contributed by atoms with E-state index in [0.29, 0.717) is 11.3 Å². The summed E-state index contributed by atoms with van der Waals surface area (Å²) < 4.78 is 0. The predicted molar refractivity (Wildman–Crippen MR) is 96.8 cm³/mol. The van der Waals surface area contributed by atoms with Crippen molar-refractivity contribution in [1.82, 2.24) is 0 Å². The Hall–Kier alpha value is -3.15. The molecule has 6 heteroatoms. The Balaban J connectivity index is 1.58. The second-order valence-corrected chi connectivity index (χ2v) is 5.83. The van der Waals surface area contributed by atoms with Crippen LogP contribution in [-0.4, -0.2) is 25.1 Å². The highest BCUT2D eigenvalue weighted by Gasteiger charge is 2.29. The van der Waals surface area contributed by atoms with Crippen LogP contribution < -0.4 is 10.6 Å². The Morgan fingerprint density at radius 2 is 1.60 bits per heavy atom. The summed E-state index contributed by atoms with van der Waals surface area (Å²) in [5.41, 5.74) is 2.78. The lowest BCUT2D eigenvalue weighted by atomic mass is 10.1. The molecule has 2 aromatic rings. The molecular weight excluding hydrogens is 318 g/mol. The van der Waals surface area contributed by atoms with Crippen molar-refractivity contribution in [3.63, 3.8) is 0 Å². The van der Waals surface area contributed by atoms with Crippen molar-refractivity contribution in [2.24, 2.45) is 11.1 Å². The molecular formula is C19H19N3O3. The molecule has 0 atom stereocenters. The Kier molecular flexibility index (Phi) is 5.09. The third kappa shape index (κ3) is 4.67. The van der Waals surface area contributed by atoms with Crippen molar-refractivity contribution in [3.8, 4) is 0 Å². The molecule has 0 unspecified atom stereocenters. The highest BCUT2D eigenvalue weighted by Crippen LogP contribution is 2.30. The molecule has 0 bridgehead atoms. The molecule has 0 aliphatic heterocycles. The first-order chi connectivity index (χ1) is 12.2. The van der Waals surface area contributed by atoms with Crippen LogP contribution in [0, 0.1) is 5.92 Å². The fourth-order valence-electron chi connectivity index (χ4n) is 2.26. The van der Waals surface area contributed by atoms with Crippen LogP contribution in [-0.2, 0) is 9.63 Å². The van der Waals surface area contributed by atoms with Crippen LogP contribution in [0.2, 0.25) is 0 Å². The van der Waals surface area contributed by atoms with Crippen LogP contribution in [0.1, 0.15) is 28.8 Å². The van der Waals surface area contributed by atoms with Gasteiger partial charge in [-0.1, -0.05) is 17.3 Å². The van der Waals surface area contributed by atoms with E-state index in [4.69, 9.17) is 0 Å². The van der Waals surface area contributed by atoms with E-state index in [1.54, 1.807) is 54.7 Å². The Labute approximate surface area is 145 Å². The lowest BCUT2D eigenvalue weighted by Gasteiger charge is -2.08. The number of anilines is 2. The minimum absolute atomic E-state index is 0.0638. The number of oxime groups is 1. The Bertz CT molecular complexity index is 779. The van der Waals surface area contributed by atoms with Gasteiger partial charge in [0.25, 0.3) is 5.91 Å². The van der Waals surface area contributed by atoms with Crippen molar-refractivity contribution in [1.29, 1.82) is 0 Å². The van der Waals surface area contributed by atoms with Gasteiger partial charge in [-0.05, 0) is 54.8 Å². The van der Waals surface area contributed by atoms with Gasteiger partial charge in [-0.2, -0.15) is 0 Å². The molecule has 6 nitrogen and oxygen atoms in total. The molecule has 3 rings (SSSR count). The molecule has 1 aliphatic carbocycles. The number of rotatable bonds is 6. The first kappa shape index (κ1) is 16.7. The van der Waals surface area contributed by atoms with Gasteiger partial charge in [-0.25, -0.2) is 0 Å². The third-order valence-electron chi connectivity index (χ3n) is 3.84. The van der Waals surface area contributed by atoms with E-state index >= 15 is 0 Å². The van der Waals surface area contributed by atoms with Crippen molar-refractivity contribution in [3.05, 3.63) is 59.7 Å². The molecule has 1 saturated carbocycles. The van der Waals surface area contributed by atoms with Gasteiger partial charge in [-0.3, -0.25) is 9.59 Å². The SMILES string of the molecule is CO/N=C/c1ccc(C(=O)Nc2ccc(NC(=O)C3CC3)cc2)cc1. The quantitative estimate of drug-likeness (QED) is 0.627. The molecule has 128 valence electrons. The van der Waals surface area contributed by atoms with Gasteiger partial charge in [0.05, 0.1) is 6.21 Å². The summed E-state index contributed by atoms with van der Waals surface area (Å²) in [6, 6.07) is 14.1. The minimum atomic E-state index is -0.204. The maximum atomic E-state index is 12.3. The monoisotopic (exact) mass is 337 g/mol. The standard InChI is InChI=1S/C19H19N3O3/c1-25-20-12-13-2-4-14(5-3-13)18(23)21-16-8-10-17(11-9-16)22-19(24)15-6-7-15/h2-5,8-12,15H,6-7H2,1H3,(H,21,23)(H,22,24)/b20-12+. The van der Waals surface area contributed by atoms with E-state index in [9.17, 15) is 9.59 Å². The summed E-state index contributed by atoms with van der Waals surface area (Å²) in [4.78, 5) is 28.6. The number of hydrogen-bond acceptors (Lipinski definition) is 4. The second-order valence-electron chi connectivity index (χ2n) is 5.83. The molecule has 25 heavy (non-hydrogen) atoms. The van der Waals surface area contributed by atoms with E-state index in [1.165, 1.54) is 7.11 Å². The van der Waals surface area contributed by atoms with Crippen LogP contribution >= 0.6 is 0 Å². The van der Waals surface area contributed by atoms with Gasteiger partial charge in [0.2, 0.25) is 5.91 Å². The number of benzene rings is 2. The average Bonchev–Trinajstić information content (AvgIpc) is 3.47. The highest BCUT2D eigenvalue weighted by molar-refractivity contribution is 6.04. The normalized spacial score (nSPS) is 13.5. The smallest absolute Gasteiger partial charge is 0.255 e. The van der Waals surface area contributed by atoms with Gasteiger partial charge < -0.3 is 15.5 Å². The van der Waals surface area contributed by atoms with Gasteiger partial charge in [0.15, 0.2) is 0 Å². The van der Waals surface area contributed by atoms with Crippen molar-refractivity contribution in [2.45, 2.75) is 12.8 Å². The summed E-state index contributed by atoms with van der Waals surface area (Å²) in [7, 11) is 1.47. The molecule has 0 spiro atoms. The highest BCUT2D eigenvalue weighted by atomic mass is 16.6. The number of nitrogens with zero attached hydrogens (tertiary/aromatic N) is 1. The van der Waals surface area contributed by atoms with E-state index in [2.05, 4.69) is 20.6 Å². The Morgan fingerprint density at radius 1 is 1.00 bits per heavy atom. The van der Waals surface area contributed by atoms with Gasteiger partial charge in [0, 0.05) is 22.9 Å². The third-order valence-corrected chi connectivity index (χ3v) is 3.84. The number of carbonyl (C=O) groups excluding carboxylic acids is 2. The molecule has 2 aromatic carbocycles. The zero-order valence-corrected chi connectivity index (χ0v) is 13.9. The number of carbonyl (C=O) groups is 2. The summed E-state index contributed by atoms with van der Waals surface area (Å²) in [6.07, 6.45) is 3.50. The largest absolute Gasteiger partial charge is 0.399 e. The van der Waals surface area contributed by atoms with Crippen LogP contribution in [0.15, 0.2) is 53.7 Å². The summed E-state index contributed by atoms with van der Waals surface area (Å²) >= 11 is 0. The molecule has 0 radical (unpaired) electrons. The van der Waals surface area contributed by atoms with Gasteiger partial charge in [-0.15, -0.1) is 0 Å².